The lowest BCUT2D eigenvalue weighted by molar-refractivity contribution is -0.122. The standard InChI is InChI=1S/C23H34N2O3S.2C2H6/c1-2-3-4-5-6-7-8-18-28-20-14-12-19(13-15-20)10-9-11-21-22(26)25(17-16-24)23(27)29-21;2*1-2/h11-15H,2-10,16-18,24H2,1H3;2*1-2H3/b21-11-;;. The molecule has 1 aliphatic heterocycles. The molecule has 0 aromatic heterocycles. The summed E-state index contributed by atoms with van der Waals surface area (Å²) < 4.78 is 5.82. The molecule has 2 rings (SSSR count). The van der Waals surface area contributed by atoms with Gasteiger partial charge in [-0.2, -0.15) is 0 Å². The number of nitrogens with zero attached hydrogens (tertiary/aromatic N) is 1. The van der Waals surface area contributed by atoms with E-state index in [2.05, 4.69) is 19.1 Å². The molecule has 1 aromatic rings. The third-order valence-electron chi connectivity index (χ3n) is 4.93. The molecule has 0 radical (unpaired) electrons. The van der Waals surface area contributed by atoms with Gasteiger partial charge in [-0.1, -0.05) is 91.4 Å². The van der Waals surface area contributed by atoms with Crippen LogP contribution >= 0.6 is 11.8 Å². The van der Waals surface area contributed by atoms with Gasteiger partial charge in [0.15, 0.2) is 0 Å². The number of ether oxygens (including phenoxy) is 1. The first-order valence-electron chi connectivity index (χ1n) is 12.8. The fraction of sp³-hybridized carbons (Fsp3) is 0.630. The average Bonchev–Trinajstić information content (AvgIpc) is 3.12. The van der Waals surface area contributed by atoms with Crippen molar-refractivity contribution in [3.05, 3.63) is 40.8 Å². The van der Waals surface area contributed by atoms with Crippen LogP contribution in [0, 0.1) is 0 Å². The van der Waals surface area contributed by atoms with Gasteiger partial charge >= 0.3 is 0 Å². The predicted molar refractivity (Wildman–Crippen MR) is 143 cm³/mol. The lowest BCUT2D eigenvalue weighted by atomic mass is 10.1. The van der Waals surface area contributed by atoms with Crippen molar-refractivity contribution in [2.24, 2.45) is 5.73 Å². The topological polar surface area (TPSA) is 72.6 Å². The lowest BCUT2D eigenvalue weighted by Crippen LogP contribution is -2.33. The maximum absolute atomic E-state index is 12.1. The molecule has 0 atom stereocenters. The minimum Gasteiger partial charge on any atom is -0.494 e. The maximum atomic E-state index is 12.1. The number of unbranched alkanes of at least 4 members (excludes halogenated alkanes) is 6. The Hall–Kier alpha value is -1.79. The molecule has 1 heterocycles. The average molecular weight is 479 g/mol. The van der Waals surface area contributed by atoms with Gasteiger partial charge in [-0.05, 0) is 48.7 Å². The second-order valence-corrected chi connectivity index (χ2v) is 8.33. The Morgan fingerprint density at radius 3 is 2.15 bits per heavy atom. The van der Waals surface area contributed by atoms with E-state index < -0.39 is 0 Å². The van der Waals surface area contributed by atoms with E-state index in [0.29, 0.717) is 11.4 Å². The quantitative estimate of drug-likeness (QED) is 0.224. The normalized spacial score (nSPS) is 14.0. The van der Waals surface area contributed by atoms with E-state index in [1.54, 1.807) is 0 Å². The summed E-state index contributed by atoms with van der Waals surface area (Å²) in [7, 11) is 0. The van der Waals surface area contributed by atoms with Crippen LogP contribution in [0.3, 0.4) is 0 Å². The second kappa shape index (κ2) is 20.8. The zero-order valence-corrected chi connectivity index (χ0v) is 22.3. The van der Waals surface area contributed by atoms with Crippen LogP contribution in [0.1, 0.15) is 91.5 Å². The highest BCUT2D eigenvalue weighted by molar-refractivity contribution is 8.18. The molecular weight excluding hydrogens is 432 g/mol. The van der Waals surface area contributed by atoms with Gasteiger partial charge in [0, 0.05) is 13.1 Å². The Morgan fingerprint density at radius 1 is 0.939 bits per heavy atom. The third-order valence-corrected chi connectivity index (χ3v) is 5.89. The molecule has 2 amide bonds. The van der Waals surface area contributed by atoms with Crippen molar-refractivity contribution >= 4 is 22.9 Å². The Kier molecular flexibility index (Phi) is 19.7. The van der Waals surface area contributed by atoms with Gasteiger partial charge in [0.1, 0.15) is 5.75 Å². The minimum atomic E-state index is -0.228. The minimum absolute atomic E-state index is 0.223. The fourth-order valence-electron chi connectivity index (χ4n) is 3.23. The molecule has 2 N–H and O–H groups in total. The van der Waals surface area contributed by atoms with E-state index in [1.807, 2.05) is 45.9 Å². The molecule has 6 heteroatoms. The van der Waals surface area contributed by atoms with Crippen molar-refractivity contribution in [1.29, 1.82) is 0 Å². The molecule has 0 spiro atoms. The van der Waals surface area contributed by atoms with Crippen LogP contribution < -0.4 is 10.5 Å². The van der Waals surface area contributed by atoms with Crippen molar-refractivity contribution in [1.82, 2.24) is 4.90 Å². The van der Waals surface area contributed by atoms with Crippen LogP contribution in [-0.2, 0) is 11.2 Å². The number of hydrogen-bond acceptors (Lipinski definition) is 5. The second-order valence-electron chi connectivity index (χ2n) is 7.33. The number of nitrogens with two attached hydrogens (primary N) is 1. The van der Waals surface area contributed by atoms with Gasteiger partial charge < -0.3 is 10.5 Å². The number of benzene rings is 1. The van der Waals surface area contributed by atoms with E-state index in [-0.39, 0.29) is 17.7 Å². The van der Waals surface area contributed by atoms with Crippen molar-refractivity contribution in [2.45, 2.75) is 92.4 Å². The van der Waals surface area contributed by atoms with Gasteiger partial charge in [-0.25, -0.2) is 0 Å². The SMILES string of the molecule is CC.CC.CCCCCCCCCOc1ccc(CC/C=C2\SC(=O)N(CCN)C2=O)cc1. The number of rotatable bonds is 14. The van der Waals surface area contributed by atoms with Crippen molar-refractivity contribution in [2.75, 3.05) is 19.7 Å². The first-order chi connectivity index (χ1) is 16.2. The van der Waals surface area contributed by atoms with E-state index in [9.17, 15) is 9.59 Å². The third kappa shape index (κ3) is 12.9. The van der Waals surface area contributed by atoms with Gasteiger partial charge in [0.05, 0.1) is 11.5 Å². The summed E-state index contributed by atoms with van der Waals surface area (Å²) in [5.74, 6) is 0.683. The Morgan fingerprint density at radius 2 is 1.55 bits per heavy atom. The highest BCUT2D eigenvalue weighted by Gasteiger charge is 2.33. The molecule has 1 aromatic carbocycles. The van der Waals surface area contributed by atoms with Gasteiger partial charge in [-0.15, -0.1) is 0 Å². The number of thioether (sulfide) groups is 1. The first-order valence-corrected chi connectivity index (χ1v) is 13.6. The monoisotopic (exact) mass is 478 g/mol. The van der Waals surface area contributed by atoms with Crippen LogP contribution in [-0.4, -0.2) is 35.7 Å². The smallest absolute Gasteiger partial charge is 0.293 e. The Bertz CT molecular complexity index is 674. The van der Waals surface area contributed by atoms with E-state index >= 15 is 0 Å². The number of imide groups is 1. The molecule has 5 nitrogen and oxygen atoms in total. The molecule has 0 aliphatic carbocycles. The summed E-state index contributed by atoms with van der Waals surface area (Å²) in [6.45, 7) is 11.6. The van der Waals surface area contributed by atoms with Gasteiger partial charge in [-0.3, -0.25) is 14.5 Å². The molecule has 1 saturated heterocycles. The number of aryl methyl sites for hydroxylation is 1. The number of amides is 2. The van der Waals surface area contributed by atoms with Crippen LogP contribution in [0.5, 0.6) is 5.75 Å². The first kappa shape index (κ1) is 31.2. The number of allylic oxidation sites excluding steroid dienone is 1. The van der Waals surface area contributed by atoms with E-state index in [4.69, 9.17) is 10.5 Å². The van der Waals surface area contributed by atoms with Crippen molar-refractivity contribution in [3.63, 3.8) is 0 Å². The van der Waals surface area contributed by atoms with E-state index in [0.717, 1.165) is 43.4 Å². The summed E-state index contributed by atoms with van der Waals surface area (Å²) >= 11 is 1.00. The summed E-state index contributed by atoms with van der Waals surface area (Å²) in [6.07, 6.45) is 12.4. The van der Waals surface area contributed by atoms with Crippen LogP contribution in [0.2, 0.25) is 0 Å². The number of hydrogen-bond donors (Lipinski definition) is 1. The zero-order valence-electron chi connectivity index (χ0n) is 21.5. The summed E-state index contributed by atoms with van der Waals surface area (Å²) in [5, 5.41) is -0.228. The highest BCUT2D eigenvalue weighted by atomic mass is 32.2. The molecule has 188 valence electrons. The largest absolute Gasteiger partial charge is 0.494 e. The molecule has 0 saturated carbocycles. The Labute approximate surface area is 206 Å². The summed E-state index contributed by atoms with van der Waals surface area (Å²) in [6, 6.07) is 8.14. The molecule has 0 unspecified atom stereocenters. The van der Waals surface area contributed by atoms with Gasteiger partial charge in [0.2, 0.25) is 0 Å². The van der Waals surface area contributed by atoms with Gasteiger partial charge in [0.25, 0.3) is 11.1 Å². The summed E-state index contributed by atoms with van der Waals surface area (Å²) in [4.78, 5) is 25.7. The number of carbonyl (C=O) groups excluding carboxylic acids is 2. The lowest BCUT2D eigenvalue weighted by Gasteiger charge is -2.09. The van der Waals surface area contributed by atoms with Crippen molar-refractivity contribution in [3.8, 4) is 5.75 Å². The Balaban J connectivity index is 0.00000242. The predicted octanol–water partition coefficient (Wildman–Crippen LogP) is 7.34. The summed E-state index contributed by atoms with van der Waals surface area (Å²) in [5.41, 5.74) is 6.63. The fourth-order valence-corrected chi connectivity index (χ4v) is 4.10. The maximum Gasteiger partial charge on any atom is 0.293 e. The van der Waals surface area contributed by atoms with Crippen molar-refractivity contribution < 1.29 is 14.3 Å². The zero-order chi connectivity index (χ0) is 24.9. The number of carbonyl (C=O) groups is 2. The van der Waals surface area contributed by atoms with Crippen LogP contribution in [0.15, 0.2) is 35.2 Å². The molecule has 0 bridgehead atoms. The molecule has 1 fully saturated rings. The molecule has 33 heavy (non-hydrogen) atoms. The van der Waals surface area contributed by atoms with Crippen LogP contribution in [0.25, 0.3) is 0 Å². The molecular formula is C27H46N2O3S. The van der Waals surface area contributed by atoms with E-state index in [1.165, 1.54) is 49.0 Å². The highest BCUT2D eigenvalue weighted by Crippen LogP contribution is 2.30. The van der Waals surface area contributed by atoms with Crippen LogP contribution in [0.4, 0.5) is 4.79 Å². The molecule has 1 aliphatic rings.